The Labute approximate surface area is 136 Å². The number of rotatable bonds is 5. The number of hydrogen-bond donors (Lipinski definition) is 2. The van der Waals surface area contributed by atoms with Crippen molar-refractivity contribution in [3.8, 4) is 0 Å². The van der Waals surface area contributed by atoms with Crippen LogP contribution >= 0.6 is 11.6 Å². The zero-order chi connectivity index (χ0) is 15.6. The standard InChI is InChI=1S/C14H13ClN6O2/c15-9-2-1-3-10(4-9)17-12-11(16-5-8-6-22-7-8)18-13-14(19-12)21-23-20-13/h1-4,8H,5-7H2,(H,16,18,20)(H,17,19,21). The van der Waals surface area contributed by atoms with Gasteiger partial charge in [-0.05, 0) is 28.5 Å². The van der Waals surface area contributed by atoms with Crippen LogP contribution in [0.4, 0.5) is 17.3 Å². The molecule has 1 aromatic carbocycles. The second-order valence-corrected chi connectivity index (χ2v) is 5.69. The molecule has 1 fully saturated rings. The molecule has 0 aliphatic carbocycles. The monoisotopic (exact) mass is 332 g/mol. The lowest BCUT2D eigenvalue weighted by Crippen LogP contribution is -2.33. The molecule has 1 saturated heterocycles. The van der Waals surface area contributed by atoms with Crippen LogP contribution in [0.5, 0.6) is 0 Å². The first-order valence-electron chi connectivity index (χ1n) is 7.12. The zero-order valence-corrected chi connectivity index (χ0v) is 12.7. The van der Waals surface area contributed by atoms with Crippen molar-refractivity contribution in [1.29, 1.82) is 0 Å². The number of nitrogens with one attached hydrogen (secondary N) is 2. The van der Waals surface area contributed by atoms with Gasteiger partial charge in [-0.1, -0.05) is 17.7 Å². The molecule has 0 bridgehead atoms. The van der Waals surface area contributed by atoms with Gasteiger partial charge in [0.25, 0.3) is 0 Å². The topological polar surface area (TPSA) is 98.0 Å². The summed E-state index contributed by atoms with van der Waals surface area (Å²) in [5, 5.41) is 14.6. The quantitative estimate of drug-likeness (QED) is 0.735. The van der Waals surface area contributed by atoms with Gasteiger partial charge < -0.3 is 15.4 Å². The predicted octanol–water partition coefficient (Wildman–Crippen LogP) is 2.47. The minimum atomic E-state index is 0.340. The average Bonchev–Trinajstić information content (AvgIpc) is 2.93. The van der Waals surface area contributed by atoms with E-state index in [9.17, 15) is 0 Å². The summed E-state index contributed by atoms with van der Waals surface area (Å²) >= 11 is 6.01. The van der Waals surface area contributed by atoms with E-state index in [0.29, 0.717) is 33.9 Å². The number of anilines is 3. The predicted molar refractivity (Wildman–Crippen MR) is 84.9 cm³/mol. The van der Waals surface area contributed by atoms with Crippen molar-refractivity contribution >= 4 is 40.2 Å². The van der Waals surface area contributed by atoms with Gasteiger partial charge in [-0.2, -0.15) is 0 Å². The minimum absolute atomic E-state index is 0.340. The number of halogens is 1. The number of aromatic nitrogens is 4. The average molecular weight is 333 g/mol. The molecular formula is C14H13ClN6O2. The maximum atomic E-state index is 6.01. The van der Waals surface area contributed by atoms with Gasteiger partial charge in [0.2, 0.25) is 11.3 Å². The van der Waals surface area contributed by atoms with E-state index >= 15 is 0 Å². The lowest BCUT2D eigenvalue weighted by molar-refractivity contribution is -0.0248. The number of benzene rings is 1. The van der Waals surface area contributed by atoms with Crippen LogP contribution in [0.25, 0.3) is 11.3 Å². The molecule has 23 heavy (non-hydrogen) atoms. The first-order chi connectivity index (χ1) is 11.3. The smallest absolute Gasteiger partial charge is 0.245 e. The van der Waals surface area contributed by atoms with E-state index in [1.807, 2.05) is 12.1 Å². The Morgan fingerprint density at radius 3 is 2.61 bits per heavy atom. The normalized spacial score (nSPS) is 14.7. The van der Waals surface area contributed by atoms with Gasteiger partial charge >= 0.3 is 0 Å². The highest BCUT2D eigenvalue weighted by Crippen LogP contribution is 2.25. The number of fused-ring (bicyclic) bond motifs is 1. The van der Waals surface area contributed by atoms with E-state index in [1.165, 1.54) is 0 Å². The van der Waals surface area contributed by atoms with Crippen molar-refractivity contribution in [2.75, 3.05) is 30.4 Å². The van der Waals surface area contributed by atoms with Gasteiger partial charge in [0.15, 0.2) is 11.6 Å². The number of hydrogen-bond acceptors (Lipinski definition) is 8. The van der Waals surface area contributed by atoms with E-state index in [2.05, 4.69) is 35.5 Å². The third-order valence-corrected chi connectivity index (χ3v) is 3.70. The molecule has 0 spiro atoms. The maximum absolute atomic E-state index is 6.01. The Hall–Kier alpha value is -2.45. The van der Waals surface area contributed by atoms with Crippen LogP contribution in [0.1, 0.15) is 0 Å². The molecule has 0 atom stereocenters. The molecule has 1 aliphatic rings. The van der Waals surface area contributed by atoms with Crippen LogP contribution in [-0.4, -0.2) is 40.0 Å². The summed E-state index contributed by atoms with van der Waals surface area (Å²) in [4.78, 5) is 8.81. The Morgan fingerprint density at radius 2 is 1.91 bits per heavy atom. The van der Waals surface area contributed by atoms with Crippen LogP contribution in [-0.2, 0) is 4.74 Å². The molecule has 3 aromatic rings. The highest BCUT2D eigenvalue weighted by molar-refractivity contribution is 6.30. The van der Waals surface area contributed by atoms with Crippen LogP contribution < -0.4 is 10.6 Å². The minimum Gasteiger partial charge on any atom is -0.381 e. The largest absolute Gasteiger partial charge is 0.381 e. The Kier molecular flexibility index (Phi) is 3.68. The van der Waals surface area contributed by atoms with E-state index in [-0.39, 0.29) is 0 Å². The summed E-state index contributed by atoms with van der Waals surface area (Å²) in [6.45, 7) is 2.26. The van der Waals surface area contributed by atoms with Crippen LogP contribution in [0.3, 0.4) is 0 Å². The Balaban J connectivity index is 1.64. The fraction of sp³-hybridized carbons (Fsp3) is 0.286. The van der Waals surface area contributed by atoms with Gasteiger partial charge in [0.05, 0.1) is 13.2 Å². The molecule has 2 aromatic heterocycles. The molecule has 3 heterocycles. The van der Waals surface area contributed by atoms with Crippen LogP contribution in [0.2, 0.25) is 5.02 Å². The maximum Gasteiger partial charge on any atom is 0.245 e. The highest BCUT2D eigenvalue weighted by Gasteiger charge is 2.20. The van der Waals surface area contributed by atoms with Crippen molar-refractivity contribution in [3.63, 3.8) is 0 Å². The second-order valence-electron chi connectivity index (χ2n) is 5.25. The Morgan fingerprint density at radius 1 is 1.13 bits per heavy atom. The van der Waals surface area contributed by atoms with Crippen LogP contribution in [0, 0.1) is 5.92 Å². The molecule has 0 saturated carbocycles. The molecule has 2 N–H and O–H groups in total. The summed E-state index contributed by atoms with van der Waals surface area (Å²) in [6.07, 6.45) is 0. The lowest BCUT2D eigenvalue weighted by Gasteiger charge is -2.26. The summed E-state index contributed by atoms with van der Waals surface area (Å²) in [7, 11) is 0. The first-order valence-corrected chi connectivity index (χ1v) is 7.50. The van der Waals surface area contributed by atoms with E-state index in [1.54, 1.807) is 12.1 Å². The number of nitrogens with zero attached hydrogens (tertiary/aromatic N) is 4. The van der Waals surface area contributed by atoms with Gasteiger partial charge in [-0.15, -0.1) is 0 Å². The fourth-order valence-corrected chi connectivity index (χ4v) is 2.38. The van der Waals surface area contributed by atoms with E-state index in [4.69, 9.17) is 16.3 Å². The summed E-state index contributed by atoms with van der Waals surface area (Å²) in [5.41, 5.74) is 1.50. The van der Waals surface area contributed by atoms with Gasteiger partial charge in [0, 0.05) is 23.2 Å². The van der Waals surface area contributed by atoms with Gasteiger partial charge in [-0.25, -0.2) is 14.6 Å². The SMILES string of the molecule is Clc1cccc(Nc2nc3nonc3nc2NCC2COC2)c1. The van der Waals surface area contributed by atoms with Gasteiger partial charge in [0.1, 0.15) is 0 Å². The molecule has 9 heteroatoms. The molecule has 0 unspecified atom stereocenters. The second kappa shape index (κ2) is 5.98. The van der Waals surface area contributed by atoms with Crippen LogP contribution in [0.15, 0.2) is 28.9 Å². The summed E-state index contributed by atoms with van der Waals surface area (Å²) in [6, 6.07) is 7.35. The van der Waals surface area contributed by atoms with Crippen molar-refractivity contribution < 1.29 is 9.37 Å². The molecule has 0 amide bonds. The van der Waals surface area contributed by atoms with Crippen molar-refractivity contribution in [3.05, 3.63) is 29.3 Å². The molecule has 0 radical (unpaired) electrons. The molecule has 8 nitrogen and oxygen atoms in total. The summed E-state index contributed by atoms with van der Waals surface area (Å²) < 4.78 is 9.86. The van der Waals surface area contributed by atoms with E-state index < -0.39 is 0 Å². The molecule has 118 valence electrons. The van der Waals surface area contributed by atoms with Crippen molar-refractivity contribution in [2.45, 2.75) is 0 Å². The molecule has 4 rings (SSSR count). The third-order valence-electron chi connectivity index (χ3n) is 3.47. The highest BCUT2D eigenvalue weighted by atomic mass is 35.5. The Bertz CT molecular complexity index is 835. The lowest BCUT2D eigenvalue weighted by atomic mass is 10.1. The first kappa shape index (κ1) is 14.2. The fourth-order valence-electron chi connectivity index (χ4n) is 2.19. The third kappa shape index (κ3) is 3.03. The summed E-state index contributed by atoms with van der Waals surface area (Å²) in [5.74, 6) is 1.60. The zero-order valence-electron chi connectivity index (χ0n) is 12.0. The van der Waals surface area contributed by atoms with Crippen molar-refractivity contribution in [2.24, 2.45) is 5.92 Å². The van der Waals surface area contributed by atoms with Crippen molar-refractivity contribution in [1.82, 2.24) is 20.3 Å². The van der Waals surface area contributed by atoms with Gasteiger partial charge in [-0.3, -0.25) is 0 Å². The number of ether oxygens (including phenoxy) is 1. The molecular weight excluding hydrogens is 320 g/mol. The van der Waals surface area contributed by atoms with E-state index in [0.717, 1.165) is 25.4 Å². The molecule has 1 aliphatic heterocycles.